The second kappa shape index (κ2) is 8.77. The van der Waals surface area contributed by atoms with E-state index in [0.29, 0.717) is 5.56 Å². The van der Waals surface area contributed by atoms with Gasteiger partial charge in [-0.15, -0.1) is 0 Å². The molecular weight excluding hydrogens is 334 g/mol. The van der Waals surface area contributed by atoms with Crippen molar-refractivity contribution in [1.29, 1.82) is 0 Å². The fourth-order valence-electron chi connectivity index (χ4n) is 2.59. The molecule has 7 heteroatoms. The van der Waals surface area contributed by atoms with Gasteiger partial charge in [0.05, 0.1) is 0 Å². The Morgan fingerprint density at radius 1 is 0.962 bits per heavy atom. The van der Waals surface area contributed by atoms with Gasteiger partial charge in [0.1, 0.15) is 0 Å². The van der Waals surface area contributed by atoms with E-state index in [-0.39, 0.29) is 0 Å². The van der Waals surface area contributed by atoms with Crippen molar-refractivity contribution in [1.82, 2.24) is 15.7 Å². The molecule has 0 aliphatic heterocycles. The van der Waals surface area contributed by atoms with Gasteiger partial charge in [0.25, 0.3) is 17.7 Å². The van der Waals surface area contributed by atoms with Crippen LogP contribution in [0.25, 0.3) is 0 Å². The number of likely N-dealkylation sites (N-methyl/N-ethyl adjacent to an activating group) is 2. The van der Waals surface area contributed by atoms with Crippen molar-refractivity contribution in [3.63, 3.8) is 0 Å². The maximum atomic E-state index is 12.6. The lowest BCUT2D eigenvalue weighted by Crippen LogP contribution is -2.54. The van der Waals surface area contributed by atoms with Gasteiger partial charge in [0, 0.05) is 19.7 Å². The number of carbonyl (C=O) groups is 3. The first kappa shape index (κ1) is 19.1. The van der Waals surface area contributed by atoms with Gasteiger partial charge in [0.2, 0.25) is 0 Å². The molecule has 0 heterocycles. The number of hydroxylamine groups is 1. The van der Waals surface area contributed by atoms with Crippen LogP contribution in [0.2, 0.25) is 0 Å². The summed E-state index contributed by atoms with van der Waals surface area (Å²) >= 11 is 0. The van der Waals surface area contributed by atoms with Crippen LogP contribution in [0.4, 0.5) is 0 Å². The number of nitrogens with one attached hydrogen (secondary N) is 2. The van der Waals surface area contributed by atoms with Crippen LogP contribution in [-0.2, 0) is 16.0 Å². The van der Waals surface area contributed by atoms with Crippen LogP contribution < -0.4 is 10.8 Å². The molecule has 1 atom stereocenters. The molecule has 0 aromatic heterocycles. The SMILES string of the molecule is CNC(=O)C(C(=O)NO)N(C)C(=O)c1ccc(Cc2ccccc2)cc1. The van der Waals surface area contributed by atoms with Crippen molar-refractivity contribution in [3.8, 4) is 0 Å². The molecule has 7 nitrogen and oxygen atoms in total. The summed E-state index contributed by atoms with van der Waals surface area (Å²) in [4.78, 5) is 37.2. The van der Waals surface area contributed by atoms with E-state index in [1.165, 1.54) is 19.6 Å². The summed E-state index contributed by atoms with van der Waals surface area (Å²) in [5.74, 6) is -2.19. The van der Waals surface area contributed by atoms with Crippen molar-refractivity contribution < 1.29 is 19.6 Å². The summed E-state index contributed by atoms with van der Waals surface area (Å²) < 4.78 is 0. The smallest absolute Gasteiger partial charge is 0.275 e. The largest absolute Gasteiger partial charge is 0.357 e. The van der Waals surface area contributed by atoms with Gasteiger partial charge in [-0.05, 0) is 29.7 Å². The fraction of sp³-hybridized carbons (Fsp3) is 0.211. The molecule has 26 heavy (non-hydrogen) atoms. The summed E-state index contributed by atoms with van der Waals surface area (Å²) in [6, 6.07) is 15.4. The molecule has 2 aromatic rings. The molecule has 2 aromatic carbocycles. The van der Waals surface area contributed by atoms with E-state index in [2.05, 4.69) is 5.32 Å². The van der Waals surface area contributed by atoms with Crippen LogP contribution in [0.3, 0.4) is 0 Å². The molecule has 0 aliphatic carbocycles. The lowest BCUT2D eigenvalue weighted by atomic mass is 10.0. The minimum atomic E-state index is -1.47. The molecule has 0 fully saturated rings. The predicted molar refractivity (Wildman–Crippen MR) is 95.6 cm³/mol. The van der Waals surface area contributed by atoms with E-state index < -0.39 is 23.8 Å². The Kier molecular flexibility index (Phi) is 6.46. The fourth-order valence-corrected chi connectivity index (χ4v) is 2.59. The van der Waals surface area contributed by atoms with Crippen molar-refractivity contribution in [2.45, 2.75) is 12.5 Å². The monoisotopic (exact) mass is 355 g/mol. The standard InChI is InChI=1S/C19H21N3O4/c1-20-17(23)16(18(24)21-26)22(2)19(25)15-10-8-14(9-11-15)12-13-6-4-3-5-7-13/h3-11,16,26H,12H2,1-2H3,(H,20,23)(H,21,24). The molecule has 0 saturated heterocycles. The van der Waals surface area contributed by atoms with Crippen LogP contribution in [0.15, 0.2) is 54.6 Å². The Balaban J connectivity index is 2.15. The lowest BCUT2D eigenvalue weighted by molar-refractivity contribution is -0.140. The highest BCUT2D eigenvalue weighted by Gasteiger charge is 2.33. The van der Waals surface area contributed by atoms with Crippen LogP contribution in [0.1, 0.15) is 21.5 Å². The lowest BCUT2D eigenvalue weighted by Gasteiger charge is -2.25. The molecule has 3 amide bonds. The van der Waals surface area contributed by atoms with Crippen LogP contribution >= 0.6 is 0 Å². The highest BCUT2D eigenvalue weighted by atomic mass is 16.5. The Hall–Kier alpha value is -3.19. The maximum absolute atomic E-state index is 12.6. The molecule has 0 bridgehead atoms. The van der Waals surface area contributed by atoms with Crippen molar-refractivity contribution in [2.75, 3.05) is 14.1 Å². The number of rotatable bonds is 6. The molecule has 2 rings (SSSR count). The first-order chi connectivity index (χ1) is 12.5. The zero-order valence-electron chi connectivity index (χ0n) is 14.6. The van der Waals surface area contributed by atoms with E-state index in [0.717, 1.165) is 22.4 Å². The van der Waals surface area contributed by atoms with Gasteiger partial charge in [-0.3, -0.25) is 19.6 Å². The molecule has 0 spiro atoms. The summed E-state index contributed by atoms with van der Waals surface area (Å²) in [6.45, 7) is 0. The van der Waals surface area contributed by atoms with E-state index in [1.54, 1.807) is 12.1 Å². The Morgan fingerprint density at radius 2 is 1.54 bits per heavy atom. The summed E-state index contributed by atoms with van der Waals surface area (Å²) in [7, 11) is 2.67. The molecular formula is C19H21N3O4. The van der Waals surface area contributed by atoms with Gasteiger partial charge < -0.3 is 10.2 Å². The maximum Gasteiger partial charge on any atom is 0.275 e. The van der Waals surface area contributed by atoms with Gasteiger partial charge in [-0.25, -0.2) is 5.48 Å². The topological polar surface area (TPSA) is 98.7 Å². The number of hydrogen-bond acceptors (Lipinski definition) is 4. The average molecular weight is 355 g/mol. The minimum Gasteiger partial charge on any atom is -0.357 e. The molecule has 1 unspecified atom stereocenters. The third-order valence-electron chi connectivity index (χ3n) is 4.01. The van der Waals surface area contributed by atoms with E-state index in [4.69, 9.17) is 5.21 Å². The average Bonchev–Trinajstić information content (AvgIpc) is 2.68. The first-order valence-corrected chi connectivity index (χ1v) is 8.03. The van der Waals surface area contributed by atoms with Crippen LogP contribution in [0, 0.1) is 0 Å². The number of benzene rings is 2. The third kappa shape index (κ3) is 4.46. The van der Waals surface area contributed by atoms with Gasteiger partial charge in [0.15, 0.2) is 6.04 Å². The van der Waals surface area contributed by atoms with Crippen molar-refractivity contribution >= 4 is 17.7 Å². The first-order valence-electron chi connectivity index (χ1n) is 8.03. The Bertz CT molecular complexity index is 759. The van der Waals surface area contributed by atoms with E-state index in [9.17, 15) is 14.4 Å². The molecule has 0 aliphatic rings. The number of nitrogens with zero attached hydrogens (tertiary/aromatic N) is 1. The van der Waals surface area contributed by atoms with Crippen molar-refractivity contribution in [3.05, 3.63) is 71.3 Å². The predicted octanol–water partition coefficient (Wildman–Crippen LogP) is 0.969. The Morgan fingerprint density at radius 3 is 2.08 bits per heavy atom. The Labute approximate surface area is 151 Å². The second-order valence-corrected chi connectivity index (χ2v) is 5.77. The summed E-state index contributed by atoms with van der Waals surface area (Å²) in [6.07, 6.45) is 0.735. The third-order valence-corrected chi connectivity index (χ3v) is 4.01. The van der Waals surface area contributed by atoms with E-state index in [1.807, 2.05) is 42.5 Å². The van der Waals surface area contributed by atoms with Gasteiger partial charge >= 0.3 is 0 Å². The second-order valence-electron chi connectivity index (χ2n) is 5.77. The highest BCUT2D eigenvalue weighted by molar-refractivity contribution is 6.08. The van der Waals surface area contributed by atoms with Gasteiger partial charge in [-0.2, -0.15) is 0 Å². The molecule has 0 radical (unpaired) electrons. The zero-order chi connectivity index (χ0) is 19.1. The van der Waals surface area contributed by atoms with Gasteiger partial charge in [-0.1, -0.05) is 42.5 Å². The van der Waals surface area contributed by atoms with Crippen molar-refractivity contribution in [2.24, 2.45) is 0 Å². The minimum absolute atomic E-state index is 0.337. The van der Waals surface area contributed by atoms with Crippen LogP contribution in [0.5, 0.6) is 0 Å². The highest BCUT2D eigenvalue weighted by Crippen LogP contribution is 2.13. The quantitative estimate of drug-likeness (QED) is 0.408. The molecule has 3 N–H and O–H groups in total. The summed E-state index contributed by atoms with van der Waals surface area (Å²) in [5.41, 5.74) is 3.94. The normalized spacial score (nSPS) is 11.3. The number of hydrogen-bond donors (Lipinski definition) is 3. The number of carbonyl (C=O) groups excluding carboxylic acids is 3. The molecule has 136 valence electrons. The van der Waals surface area contributed by atoms with Crippen LogP contribution in [-0.4, -0.2) is 48.0 Å². The number of amides is 3. The van der Waals surface area contributed by atoms with E-state index >= 15 is 0 Å². The summed E-state index contributed by atoms with van der Waals surface area (Å²) in [5, 5.41) is 11.1. The molecule has 0 saturated carbocycles. The zero-order valence-corrected chi connectivity index (χ0v) is 14.6.